The third-order valence-electron chi connectivity index (χ3n) is 4.70. The van der Waals surface area contributed by atoms with Gasteiger partial charge < -0.3 is 15.4 Å². The van der Waals surface area contributed by atoms with Gasteiger partial charge in [-0.15, -0.1) is 11.3 Å². The molecule has 1 atom stereocenters. The van der Waals surface area contributed by atoms with Crippen LogP contribution in [-0.4, -0.2) is 23.0 Å². The fourth-order valence-electron chi connectivity index (χ4n) is 3.07. The largest absolute Gasteiger partial charge is 0.448 e. The van der Waals surface area contributed by atoms with Crippen LogP contribution in [0.2, 0.25) is 0 Å². The van der Waals surface area contributed by atoms with E-state index in [9.17, 15) is 9.59 Å². The summed E-state index contributed by atoms with van der Waals surface area (Å²) in [5.74, 6) is -1.04. The number of thiazole rings is 1. The van der Waals surface area contributed by atoms with Crippen molar-refractivity contribution in [1.82, 2.24) is 4.98 Å². The maximum atomic E-state index is 12.6. The van der Waals surface area contributed by atoms with Gasteiger partial charge in [0.25, 0.3) is 5.91 Å². The molecule has 4 aromatic rings. The Hall–Kier alpha value is -3.71. The quantitative estimate of drug-likeness (QED) is 0.398. The zero-order valence-corrected chi connectivity index (χ0v) is 17.7. The second kappa shape index (κ2) is 9.40. The molecule has 0 spiro atoms. The SMILES string of the molecule is CC(OC(=O)c1csc(NCc2ccccc2)n1)C(=O)Nc1cccc2ccccc12. The van der Waals surface area contributed by atoms with Crippen LogP contribution < -0.4 is 10.6 Å². The molecule has 6 nitrogen and oxygen atoms in total. The number of fused-ring (bicyclic) bond motifs is 1. The van der Waals surface area contributed by atoms with Crippen LogP contribution in [0.1, 0.15) is 23.0 Å². The number of hydrogen-bond acceptors (Lipinski definition) is 6. The Morgan fingerprint density at radius 2 is 1.74 bits per heavy atom. The zero-order chi connectivity index (χ0) is 21.6. The number of hydrogen-bond donors (Lipinski definition) is 2. The van der Waals surface area contributed by atoms with Crippen LogP contribution in [0.4, 0.5) is 10.8 Å². The third-order valence-corrected chi connectivity index (χ3v) is 5.50. The van der Waals surface area contributed by atoms with Crippen molar-refractivity contribution in [3.05, 3.63) is 89.4 Å². The molecule has 0 saturated carbocycles. The van der Waals surface area contributed by atoms with Gasteiger partial charge in [0, 0.05) is 23.0 Å². The lowest BCUT2D eigenvalue weighted by atomic mass is 10.1. The number of nitrogens with zero attached hydrogens (tertiary/aromatic N) is 1. The molecule has 1 heterocycles. The first-order valence-electron chi connectivity index (χ1n) is 9.83. The molecule has 156 valence electrons. The number of anilines is 2. The van der Waals surface area contributed by atoms with Gasteiger partial charge in [0.15, 0.2) is 16.9 Å². The average Bonchev–Trinajstić information content (AvgIpc) is 3.28. The summed E-state index contributed by atoms with van der Waals surface area (Å²) >= 11 is 1.31. The standard InChI is InChI=1S/C24H21N3O3S/c1-16(22(28)26-20-13-7-11-18-10-5-6-12-19(18)20)30-23(29)21-15-31-24(27-21)25-14-17-8-3-2-4-9-17/h2-13,15-16H,14H2,1H3,(H,25,27)(H,26,28). The second-order valence-electron chi connectivity index (χ2n) is 6.94. The lowest BCUT2D eigenvalue weighted by molar-refractivity contribution is -0.123. The first kappa shape index (κ1) is 20.6. The summed E-state index contributed by atoms with van der Waals surface area (Å²) in [5.41, 5.74) is 1.96. The first-order valence-corrected chi connectivity index (χ1v) is 10.7. The number of esters is 1. The molecule has 0 aliphatic heterocycles. The van der Waals surface area contributed by atoms with E-state index in [2.05, 4.69) is 15.6 Å². The summed E-state index contributed by atoms with van der Waals surface area (Å²) in [7, 11) is 0. The minimum atomic E-state index is -0.964. The number of benzene rings is 3. The fourth-order valence-corrected chi connectivity index (χ4v) is 3.74. The Morgan fingerprint density at radius 3 is 2.58 bits per heavy atom. The van der Waals surface area contributed by atoms with Gasteiger partial charge in [-0.25, -0.2) is 9.78 Å². The van der Waals surface area contributed by atoms with Gasteiger partial charge in [-0.1, -0.05) is 66.7 Å². The molecular weight excluding hydrogens is 410 g/mol. The van der Waals surface area contributed by atoms with Gasteiger partial charge in [-0.05, 0) is 23.9 Å². The molecule has 0 aliphatic rings. The molecule has 1 amide bonds. The maximum absolute atomic E-state index is 12.6. The highest BCUT2D eigenvalue weighted by molar-refractivity contribution is 7.13. The van der Waals surface area contributed by atoms with Crippen molar-refractivity contribution < 1.29 is 14.3 Å². The molecular formula is C24H21N3O3S. The van der Waals surface area contributed by atoms with E-state index in [0.717, 1.165) is 16.3 Å². The summed E-state index contributed by atoms with van der Waals surface area (Å²) < 4.78 is 5.32. The Labute approximate surface area is 183 Å². The molecule has 0 aliphatic carbocycles. The monoisotopic (exact) mass is 431 g/mol. The van der Waals surface area contributed by atoms with E-state index < -0.39 is 18.0 Å². The topological polar surface area (TPSA) is 80.3 Å². The molecule has 4 rings (SSSR count). The summed E-state index contributed by atoms with van der Waals surface area (Å²) in [6, 6.07) is 23.3. The highest BCUT2D eigenvalue weighted by atomic mass is 32.1. The van der Waals surface area contributed by atoms with Gasteiger partial charge in [0.1, 0.15) is 0 Å². The van der Waals surface area contributed by atoms with Crippen molar-refractivity contribution in [3.8, 4) is 0 Å². The average molecular weight is 432 g/mol. The molecule has 31 heavy (non-hydrogen) atoms. The number of carbonyl (C=O) groups is 2. The smallest absolute Gasteiger partial charge is 0.358 e. The molecule has 0 radical (unpaired) electrons. The number of carbonyl (C=O) groups excluding carboxylic acids is 2. The fraction of sp³-hybridized carbons (Fsp3) is 0.125. The van der Waals surface area contributed by atoms with Crippen molar-refractivity contribution in [1.29, 1.82) is 0 Å². The molecule has 0 saturated heterocycles. The van der Waals surface area contributed by atoms with Crippen LogP contribution in [0.5, 0.6) is 0 Å². The van der Waals surface area contributed by atoms with E-state index >= 15 is 0 Å². The predicted molar refractivity (Wildman–Crippen MR) is 123 cm³/mol. The minimum absolute atomic E-state index is 0.172. The van der Waals surface area contributed by atoms with Crippen LogP contribution in [0.25, 0.3) is 10.8 Å². The van der Waals surface area contributed by atoms with E-state index in [4.69, 9.17) is 4.74 Å². The van der Waals surface area contributed by atoms with Crippen molar-refractivity contribution >= 4 is 44.8 Å². The van der Waals surface area contributed by atoms with E-state index in [-0.39, 0.29) is 5.69 Å². The summed E-state index contributed by atoms with van der Waals surface area (Å²) in [6.45, 7) is 2.14. The lowest BCUT2D eigenvalue weighted by Gasteiger charge is -2.14. The molecule has 1 aromatic heterocycles. The Kier molecular flexibility index (Phi) is 6.24. The second-order valence-corrected chi connectivity index (χ2v) is 7.80. The molecule has 7 heteroatoms. The lowest BCUT2D eigenvalue weighted by Crippen LogP contribution is -2.30. The summed E-state index contributed by atoms with van der Waals surface area (Å²) in [5, 5.41) is 10.2. The van der Waals surface area contributed by atoms with Crippen molar-refractivity contribution in [2.24, 2.45) is 0 Å². The molecule has 0 fully saturated rings. The van der Waals surface area contributed by atoms with Crippen LogP contribution in [0, 0.1) is 0 Å². The molecule has 0 bridgehead atoms. The predicted octanol–water partition coefficient (Wildman–Crippen LogP) is 5.09. The minimum Gasteiger partial charge on any atom is -0.448 e. The number of amides is 1. The molecule has 2 N–H and O–H groups in total. The van der Waals surface area contributed by atoms with Gasteiger partial charge in [-0.2, -0.15) is 0 Å². The number of aromatic nitrogens is 1. The van der Waals surface area contributed by atoms with Crippen molar-refractivity contribution in [2.75, 3.05) is 10.6 Å². The normalized spacial score (nSPS) is 11.6. The van der Waals surface area contributed by atoms with E-state index in [1.165, 1.54) is 11.3 Å². The highest BCUT2D eigenvalue weighted by Crippen LogP contribution is 2.23. The summed E-state index contributed by atoms with van der Waals surface area (Å²) in [6.07, 6.45) is -0.964. The number of rotatable bonds is 7. The van der Waals surface area contributed by atoms with E-state index in [1.54, 1.807) is 12.3 Å². The van der Waals surface area contributed by atoms with E-state index in [0.29, 0.717) is 17.4 Å². The number of nitrogens with one attached hydrogen (secondary N) is 2. The Balaban J connectivity index is 1.35. The molecule has 3 aromatic carbocycles. The van der Waals surface area contributed by atoms with Crippen LogP contribution in [-0.2, 0) is 16.1 Å². The summed E-state index contributed by atoms with van der Waals surface area (Å²) in [4.78, 5) is 29.3. The van der Waals surface area contributed by atoms with Crippen LogP contribution in [0.15, 0.2) is 78.2 Å². The zero-order valence-electron chi connectivity index (χ0n) is 16.9. The maximum Gasteiger partial charge on any atom is 0.358 e. The Bertz CT molecular complexity index is 1200. The van der Waals surface area contributed by atoms with Gasteiger partial charge in [0.2, 0.25) is 0 Å². The Morgan fingerprint density at radius 1 is 1.00 bits per heavy atom. The van der Waals surface area contributed by atoms with Crippen LogP contribution in [0.3, 0.4) is 0 Å². The molecule has 1 unspecified atom stereocenters. The van der Waals surface area contributed by atoms with Gasteiger partial charge in [0.05, 0.1) is 0 Å². The van der Waals surface area contributed by atoms with E-state index in [1.807, 2.05) is 72.8 Å². The number of ether oxygens (including phenoxy) is 1. The first-order chi connectivity index (χ1) is 15.1. The van der Waals surface area contributed by atoms with Crippen molar-refractivity contribution in [2.45, 2.75) is 19.6 Å². The van der Waals surface area contributed by atoms with Crippen LogP contribution >= 0.6 is 11.3 Å². The van der Waals surface area contributed by atoms with Gasteiger partial charge >= 0.3 is 5.97 Å². The highest BCUT2D eigenvalue weighted by Gasteiger charge is 2.21. The third kappa shape index (κ3) is 5.07. The van der Waals surface area contributed by atoms with Gasteiger partial charge in [-0.3, -0.25) is 4.79 Å². The van der Waals surface area contributed by atoms with Crippen molar-refractivity contribution in [3.63, 3.8) is 0 Å².